The highest BCUT2D eigenvalue weighted by atomic mass is 32.1. The summed E-state index contributed by atoms with van der Waals surface area (Å²) in [6.45, 7) is 0. The summed E-state index contributed by atoms with van der Waals surface area (Å²) < 4.78 is 1.21. The number of aromatic amines is 1. The van der Waals surface area contributed by atoms with E-state index in [4.69, 9.17) is 0 Å². The van der Waals surface area contributed by atoms with Crippen LogP contribution in [0.1, 0.15) is 0 Å². The highest BCUT2D eigenvalue weighted by molar-refractivity contribution is 7.21. The molecule has 0 amide bonds. The molecule has 0 radical (unpaired) electrons. The molecule has 4 rings (SSSR count). The molecule has 2 aromatic heterocycles. The quantitative estimate of drug-likeness (QED) is 0.558. The summed E-state index contributed by atoms with van der Waals surface area (Å²) in [5, 5.41) is 1.02. The van der Waals surface area contributed by atoms with Crippen molar-refractivity contribution in [3.05, 3.63) is 48.8 Å². The maximum Gasteiger partial charge on any atom is 0.126 e. The normalized spacial score (nSPS) is 11.3. The smallest absolute Gasteiger partial charge is 0.126 e. The van der Waals surface area contributed by atoms with Gasteiger partial charge in [0.1, 0.15) is 5.01 Å². The predicted molar refractivity (Wildman–Crippen MR) is 74.7 cm³/mol. The zero-order valence-electron chi connectivity index (χ0n) is 9.42. The van der Waals surface area contributed by atoms with E-state index in [2.05, 4.69) is 27.1 Å². The maximum atomic E-state index is 4.68. The number of fused-ring (bicyclic) bond motifs is 2. The first kappa shape index (κ1) is 9.79. The number of hydrogen-bond donors (Lipinski definition) is 1. The lowest BCUT2D eigenvalue weighted by molar-refractivity contribution is 1.34. The number of benzene rings is 2. The summed E-state index contributed by atoms with van der Waals surface area (Å²) in [5.74, 6) is 0. The van der Waals surface area contributed by atoms with E-state index in [0.717, 1.165) is 27.1 Å². The van der Waals surface area contributed by atoms with Gasteiger partial charge in [-0.1, -0.05) is 18.2 Å². The third-order valence-corrected chi connectivity index (χ3v) is 4.04. The fourth-order valence-corrected chi connectivity index (χ4v) is 3.12. The van der Waals surface area contributed by atoms with Crippen molar-refractivity contribution in [3.63, 3.8) is 0 Å². The minimum atomic E-state index is 0.983. The zero-order chi connectivity index (χ0) is 11.9. The summed E-state index contributed by atoms with van der Waals surface area (Å²) in [6, 6.07) is 14.3. The van der Waals surface area contributed by atoms with Gasteiger partial charge in [0.15, 0.2) is 0 Å². The van der Waals surface area contributed by atoms with Crippen LogP contribution < -0.4 is 0 Å². The van der Waals surface area contributed by atoms with Crippen molar-refractivity contribution in [2.45, 2.75) is 0 Å². The average Bonchev–Trinajstić information content (AvgIpc) is 3.04. The lowest BCUT2D eigenvalue weighted by Gasteiger charge is -1.96. The second-order valence-corrected chi connectivity index (χ2v) is 5.12. The molecule has 1 N–H and O–H groups in total. The summed E-state index contributed by atoms with van der Waals surface area (Å²) in [6.07, 6.45) is 1.72. The lowest BCUT2D eigenvalue weighted by Crippen LogP contribution is -1.78. The molecule has 4 heteroatoms. The molecular formula is C14H9N3S. The molecule has 0 aliphatic carbocycles. The summed E-state index contributed by atoms with van der Waals surface area (Å²) >= 11 is 1.70. The van der Waals surface area contributed by atoms with E-state index in [-0.39, 0.29) is 0 Å². The first-order valence-corrected chi connectivity index (χ1v) is 6.51. The molecule has 0 saturated carbocycles. The molecule has 2 aromatic carbocycles. The Labute approximate surface area is 107 Å². The van der Waals surface area contributed by atoms with Crippen LogP contribution in [-0.4, -0.2) is 15.0 Å². The van der Waals surface area contributed by atoms with Crippen LogP contribution in [0.2, 0.25) is 0 Å². The Morgan fingerprint density at radius 1 is 1.00 bits per heavy atom. The third kappa shape index (κ3) is 1.36. The Balaban J connectivity index is 2.04. The average molecular weight is 251 g/mol. The molecule has 2 heterocycles. The van der Waals surface area contributed by atoms with Crippen molar-refractivity contribution in [1.29, 1.82) is 0 Å². The van der Waals surface area contributed by atoms with Gasteiger partial charge in [-0.2, -0.15) is 0 Å². The fourth-order valence-electron chi connectivity index (χ4n) is 2.13. The number of hydrogen-bond acceptors (Lipinski definition) is 3. The molecule has 3 nitrogen and oxygen atoms in total. The van der Waals surface area contributed by atoms with Crippen LogP contribution in [0, 0.1) is 0 Å². The first-order chi connectivity index (χ1) is 8.92. The van der Waals surface area contributed by atoms with Gasteiger partial charge in [-0.3, -0.25) is 0 Å². The molecule has 4 aromatic rings. The van der Waals surface area contributed by atoms with Gasteiger partial charge in [0.05, 0.1) is 27.6 Å². The molecular weight excluding hydrogens is 242 g/mol. The Kier molecular flexibility index (Phi) is 1.98. The Hall–Kier alpha value is -2.20. The van der Waals surface area contributed by atoms with Crippen LogP contribution in [0.3, 0.4) is 0 Å². The maximum absolute atomic E-state index is 4.68. The van der Waals surface area contributed by atoms with E-state index in [1.807, 2.05) is 30.3 Å². The van der Waals surface area contributed by atoms with Crippen LogP contribution in [-0.2, 0) is 0 Å². The van der Waals surface area contributed by atoms with E-state index >= 15 is 0 Å². The predicted octanol–water partition coefficient (Wildman–Crippen LogP) is 3.84. The number of imidazole rings is 1. The number of rotatable bonds is 1. The standard InChI is InChI=1S/C14H9N3S/c1-2-7-12-10(5-1)17-14(18-12)9-4-3-6-11-13(9)16-8-15-11/h1-8H,(H,15,16). The van der Waals surface area contributed by atoms with Crippen molar-refractivity contribution in [1.82, 2.24) is 15.0 Å². The monoisotopic (exact) mass is 251 g/mol. The summed E-state index contributed by atoms with van der Waals surface area (Å²) in [4.78, 5) is 12.2. The van der Waals surface area contributed by atoms with Crippen LogP contribution in [0.4, 0.5) is 0 Å². The van der Waals surface area contributed by atoms with Gasteiger partial charge in [-0.15, -0.1) is 11.3 Å². The van der Waals surface area contributed by atoms with Gasteiger partial charge in [-0.05, 0) is 24.3 Å². The van der Waals surface area contributed by atoms with Gasteiger partial charge in [-0.25, -0.2) is 9.97 Å². The minimum absolute atomic E-state index is 0.983. The highest BCUT2D eigenvalue weighted by Gasteiger charge is 2.10. The second kappa shape index (κ2) is 3.65. The SMILES string of the molecule is c1ccc2sc(-c3cccc4[nH]cnc34)nc2c1. The highest BCUT2D eigenvalue weighted by Crippen LogP contribution is 2.33. The summed E-state index contributed by atoms with van der Waals surface area (Å²) in [7, 11) is 0. The van der Waals surface area contributed by atoms with Gasteiger partial charge in [0, 0.05) is 5.56 Å². The van der Waals surface area contributed by atoms with E-state index < -0.39 is 0 Å². The van der Waals surface area contributed by atoms with Gasteiger partial charge >= 0.3 is 0 Å². The zero-order valence-corrected chi connectivity index (χ0v) is 10.2. The van der Waals surface area contributed by atoms with E-state index in [9.17, 15) is 0 Å². The fraction of sp³-hybridized carbons (Fsp3) is 0. The van der Waals surface area contributed by atoms with Crippen molar-refractivity contribution in [2.75, 3.05) is 0 Å². The second-order valence-electron chi connectivity index (χ2n) is 4.09. The lowest BCUT2D eigenvalue weighted by atomic mass is 10.2. The van der Waals surface area contributed by atoms with Crippen LogP contribution in [0.15, 0.2) is 48.8 Å². The minimum Gasteiger partial charge on any atom is -0.345 e. The van der Waals surface area contributed by atoms with E-state index in [1.54, 1.807) is 17.7 Å². The number of nitrogens with one attached hydrogen (secondary N) is 1. The number of H-pyrrole nitrogens is 1. The molecule has 18 heavy (non-hydrogen) atoms. The molecule has 0 saturated heterocycles. The molecule has 0 spiro atoms. The molecule has 0 unspecified atom stereocenters. The Morgan fingerprint density at radius 3 is 2.89 bits per heavy atom. The first-order valence-electron chi connectivity index (χ1n) is 5.70. The molecule has 0 bridgehead atoms. The Bertz CT molecular complexity index is 811. The van der Waals surface area contributed by atoms with Gasteiger partial charge in [0.2, 0.25) is 0 Å². The van der Waals surface area contributed by atoms with Crippen LogP contribution >= 0.6 is 11.3 Å². The van der Waals surface area contributed by atoms with Crippen molar-refractivity contribution in [3.8, 4) is 10.6 Å². The van der Waals surface area contributed by atoms with Crippen LogP contribution in [0.5, 0.6) is 0 Å². The molecule has 0 atom stereocenters. The molecule has 0 aliphatic rings. The van der Waals surface area contributed by atoms with Crippen LogP contribution in [0.25, 0.3) is 31.8 Å². The third-order valence-electron chi connectivity index (χ3n) is 2.97. The molecule has 0 aliphatic heterocycles. The summed E-state index contributed by atoms with van der Waals surface area (Å²) in [5.41, 5.74) is 4.17. The number of aromatic nitrogens is 3. The molecule has 0 fully saturated rings. The Morgan fingerprint density at radius 2 is 1.94 bits per heavy atom. The number of nitrogens with zero attached hydrogens (tertiary/aromatic N) is 2. The van der Waals surface area contributed by atoms with E-state index in [1.165, 1.54) is 4.70 Å². The van der Waals surface area contributed by atoms with Gasteiger partial charge < -0.3 is 4.98 Å². The van der Waals surface area contributed by atoms with Crippen molar-refractivity contribution >= 4 is 32.6 Å². The topological polar surface area (TPSA) is 41.6 Å². The van der Waals surface area contributed by atoms with Crippen molar-refractivity contribution < 1.29 is 0 Å². The van der Waals surface area contributed by atoms with E-state index in [0.29, 0.717) is 0 Å². The number of para-hydroxylation sites is 2. The number of thiazole rings is 1. The van der Waals surface area contributed by atoms with Gasteiger partial charge in [0.25, 0.3) is 0 Å². The largest absolute Gasteiger partial charge is 0.345 e. The molecule has 86 valence electrons. The van der Waals surface area contributed by atoms with Crippen molar-refractivity contribution in [2.24, 2.45) is 0 Å².